The van der Waals surface area contributed by atoms with E-state index < -0.39 is 0 Å². The number of carbonyl (C=O) groups is 1. The lowest BCUT2D eigenvalue weighted by Gasteiger charge is -2.32. The van der Waals surface area contributed by atoms with Gasteiger partial charge in [-0.3, -0.25) is 9.97 Å². The summed E-state index contributed by atoms with van der Waals surface area (Å²) in [5, 5.41) is 6.33. The molecule has 0 atom stereocenters. The van der Waals surface area contributed by atoms with E-state index in [9.17, 15) is 4.79 Å². The first-order chi connectivity index (χ1) is 10.8. The molecule has 22 heavy (non-hydrogen) atoms. The van der Waals surface area contributed by atoms with E-state index in [-0.39, 0.29) is 6.03 Å². The molecule has 3 rings (SSSR count). The molecule has 6 nitrogen and oxygen atoms in total. The number of likely N-dealkylation sites (tertiary alicyclic amines) is 1. The van der Waals surface area contributed by atoms with Gasteiger partial charge in [-0.2, -0.15) is 0 Å². The maximum absolute atomic E-state index is 12.2. The van der Waals surface area contributed by atoms with Crippen molar-refractivity contribution in [1.29, 1.82) is 0 Å². The first kappa shape index (κ1) is 14.3. The van der Waals surface area contributed by atoms with E-state index in [1.54, 1.807) is 24.7 Å². The van der Waals surface area contributed by atoms with Crippen molar-refractivity contribution < 1.29 is 4.79 Å². The molecule has 2 aromatic rings. The number of amides is 2. The van der Waals surface area contributed by atoms with Gasteiger partial charge in [0.05, 0.1) is 17.6 Å². The number of pyridine rings is 2. The largest absolute Gasteiger partial charge is 0.381 e. The van der Waals surface area contributed by atoms with Crippen LogP contribution < -0.4 is 10.6 Å². The molecule has 0 bridgehead atoms. The Labute approximate surface area is 129 Å². The first-order valence-corrected chi connectivity index (χ1v) is 7.44. The highest BCUT2D eigenvalue weighted by atomic mass is 16.2. The van der Waals surface area contributed by atoms with E-state index >= 15 is 0 Å². The van der Waals surface area contributed by atoms with Crippen LogP contribution in [0.4, 0.5) is 16.2 Å². The molecule has 2 amide bonds. The van der Waals surface area contributed by atoms with Crippen LogP contribution in [-0.4, -0.2) is 40.0 Å². The van der Waals surface area contributed by atoms with Gasteiger partial charge in [0, 0.05) is 37.7 Å². The average molecular weight is 297 g/mol. The van der Waals surface area contributed by atoms with Gasteiger partial charge in [0.2, 0.25) is 0 Å². The Balaban J connectivity index is 1.48. The zero-order chi connectivity index (χ0) is 15.2. The van der Waals surface area contributed by atoms with Crippen molar-refractivity contribution in [2.45, 2.75) is 18.9 Å². The summed E-state index contributed by atoms with van der Waals surface area (Å²) in [5.41, 5.74) is 1.75. The molecule has 2 aromatic heterocycles. The summed E-state index contributed by atoms with van der Waals surface area (Å²) in [5.74, 6) is 0. The molecule has 0 radical (unpaired) electrons. The van der Waals surface area contributed by atoms with E-state index in [0.29, 0.717) is 6.04 Å². The van der Waals surface area contributed by atoms with Gasteiger partial charge in [-0.05, 0) is 37.1 Å². The van der Waals surface area contributed by atoms with Crippen LogP contribution in [0.15, 0.2) is 49.1 Å². The molecule has 0 spiro atoms. The summed E-state index contributed by atoms with van der Waals surface area (Å²) in [6.07, 6.45) is 8.77. The third-order valence-corrected chi connectivity index (χ3v) is 3.73. The van der Waals surface area contributed by atoms with Gasteiger partial charge in [-0.1, -0.05) is 0 Å². The number of hydrogen-bond donors (Lipinski definition) is 2. The summed E-state index contributed by atoms with van der Waals surface area (Å²) in [7, 11) is 0. The van der Waals surface area contributed by atoms with Crippen LogP contribution in [0.5, 0.6) is 0 Å². The van der Waals surface area contributed by atoms with Crippen LogP contribution in [-0.2, 0) is 0 Å². The molecule has 3 heterocycles. The molecule has 114 valence electrons. The highest BCUT2D eigenvalue weighted by Crippen LogP contribution is 2.16. The molecule has 1 aliphatic heterocycles. The van der Waals surface area contributed by atoms with Crippen molar-refractivity contribution >= 4 is 17.4 Å². The topological polar surface area (TPSA) is 70.2 Å². The molecule has 1 saturated heterocycles. The lowest BCUT2D eigenvalue weighted by atomic mass is 10.1. The van der Waals surface area contributed by atoms with Crippen molar-refractivity contribution in [1.82, 2.24) is 14.9 Å². The zero-order valence-electron chi connectivity index (χ0n) is 12.3. The SMILES string of the molecule is O=C(Nc1cccnc1)N1CCC(Nc2cccnc2)CC1. The van der Waals surface area contributed by atoms with Gasteiger partial charge in [-0.15, -0.1) is 0 Å². The smallest absolute Gasteiger partial charge is 0.321 e. The number of nitrogens with one attached hydrogen (secondary N) is 2. The minimum absolute atomic E-state index is 0.0622. The zero-order valence-corrected chi connectivity index (χ0v) is 12.3. The second-order valence-electron chi connectivity index (χ2n) is 5.32. The molecule has 0 aliphatic carbocycles. The molecular weight excluding hydrogens is 278 g/mol. The number of urea groups is 1. The number of aromatic nitrogens is 2. The number of anilines is 2. The summed E-state index contributed by atoms with van der Waals surface area (Å²) >= 11 is 0. The molecule has 0 aromatic carbocycles. The van der Waals surface area contributed by atoms with Crippen molar-refractivity contribution in [2.24, 2.45) is 0 Å². The van der Waals surface area contributed by atoms with Crippen LogP contribution >= 0.6 is 0 Å². The minimum atomic E-state index is -0.0622. The maximum Gasteiger partial charge on any atom is 0.321 e. The van der Waals surface area contributed by atoms with Crippen molar-refractivity contribution in [3.63, 3.8) is 0 Å². The molecule has 0 saturated carbocycles. The van der Waals surface area contributed by atoms with E-state index in [4.69, 9.17) is 0 Å². The molecular formula is C16H19N5O. The van der Waals surface area contributed by atoms with E-state index in [1.165, 1.54) is 0 Å². The molecule has 1 aliphatic rings. The quantitative estimate of drug-likeness (QED) is 0.913. The van der Waals surface area contributed by atoms with Crippen LogP contribution in [0.3, 0.4) is 0 Å². The van der Waals surface area contributed by atoms with E-state index in [1.807, 2.05) is 29.3 Å². The van der Waals surface area contributed by atoms with Gasteiger partial charge in [0.15, 0.2) is 0 Å². The van der Waals surface area contributed by atoms with Gasteiger partial charge in [0.1, 0.15) is 0 Å². The van der Waals surface area contributed by atoms with Crippen LogP contribution in [0, 0.1) is 0 Å². The maximum atomic E-state index is 12.2. The van der Waals surface area contributed by atoms with Crippen LogP contribution in [0.25, 0.3) is 0 Å². The Bertz CT molecular complexity index is 596. The van der Waals surface area contributed by atoms with E-state index in [2.05, 4.69) is 20.6 Å². The van der Waals surface area contributed by atoms with Gasteiger partial charge < -0.3 is 15.5 Å². The lowest BCUT2D eigenvalue weighted by molar-refractivity contribution is 0.197. The number of piperidine rings is 1. The predicted octanol–water partition coefficient (Wildman–Crippen LogP) is 2.59. The Kier molecular flexibility index (Phi) is 4.48. The number of rotatable bonds is 3. The summed E-state index contributed by atoms with van der Waals surface area (Å²) in [6.45, 7) is 1.48. The molecule has 6 heteroatoms. The van der Waals surface area contributed by atoms with Gasteiger partial charge in [-0.25, -0.2) is 4.79 Å². The number of hydrogen-bond acceptors (Lipinski definition) is 4. The molecule has 0 unspecified atom stereocenters. The van der Waals surface area contributed by atoms with E-state index in [0.717, 1.165) is 37.3 Å². The third kappa shape index (κ3) is 3.72. The van der Waals surface area contributed by atoms with Crippen molar-refractivity contribution in [2.75, 3.05) is 23.7 Å². The van der Waals surface area contributed by atoms with Crippen LogP contribution in [0.2, 0.25) is 0 Å². The minimum Gasteiger partial charge on any atom is -0.381 e. The highest BCUT2D eigenvalue weighted by Gasteiger charge is 2.22. The molecule has 1 fully saturated rings. The van der Waals surface area contributed by atoms with Gasteiger partial charge >= 0.3 is 6.03 Å². The Morgan fingerprint density at radius 2 is 1.68 bits per heavy atom. The highest BCUT2D eigenvalue weighted by molar-refractivity contribution is 5.89. The fourth-order valence-corrected chi connectivity index (χ4v) is 2.55. The molecule has 2 N–H and O–H groups in total. The van der Waals surface area contributed by atoms with Crippen LogP contribution in [0.1, 0.15) is 12.8 Å². The fourth-order valence-electron chi connectivity index (χ4n) is 2.55. The monoisotopic (exact) mass is 297 g/mol. The summed E-state index contributed by atoms with van der Waals surface area (Å²) < 4.78 is 0. The first-order valence-electron chi connectivity index (χ1n) is 7.44. The number of nitrogens with zero attached hydrogens (tertiary/aromatic N) is 3. The summed E-state index contributed by atoms with van der Waals surface area (Å²) in [6, 6.07) is 7.88. The third-order valence-electron chi connectivity index (χ3n) is 3.73. The summed E-state index contributed by atoms with van der Waals surface area (Å²) in [4.78, 5) is 22.1. The fraction of sp³-hybridized carbons (Fsp3) is 0.312. The Morgan fingerprint density at radius 3 is 2.27 bits per heavy atom. The normalized spacial score (nSPS) is 15.4. The van der Waals surface area contributed by atoms with Crippen molar-refractivity contribution in [3.05, 3.63) is 49.1 Å². The van der Waals surface area contributed by atoms with Gasteiger partial charge in [0.25, 0.3) is 0 Å². The van der Waals surface area contributed by atoms with Crippen molar-refractivity contribution in [3.8, 4) is 0 Å². The lowest BCUT2D eigenvalue weighted by Crippen LogP contribution is -2.44. The second-order valence-corrected chi connectivity index (χ2v) is 5.32. The average Bonchev–Trinajstić information content (AvgIpc) is 2.57. The Hall–Kier alpha value is -2.63. The second kappa shape index (κ2) is 6.89. The standard InChI is InChI=1S/C16H19N5O/c22-16(20-15-4-2-8-18-12-15)21-9-5-13(6-10-21)19-14-3-1-7-17-11-14/h1-4,7-8,11-13,19H,5-6,9-10H2,(H,20,22). The predicted molar refractivity (Wildman–Crippen MR) is 85.7 cm³/mol. The number of carbonyl (C=O) groups excluding carboxylic acids is 1. The Morgan fingerprint density at radius 1 is 1.05 bits per heavy atom.